The van der Waals surface area contributed by atoms with Crippen LogP contribution in [0.25, 0.3) is 0 Å². The van der Waals surface area contributed by atoms with Crippen molar-refractivity contribution in [1.82, 2.24) is 4.90 Å². The molecule has 0 aliphatic heterocycles. The lowest BCUT2D eigenvalue weighted by atomic mass is 10.1. The van der Waals surface area contributed by atoms with Crippen LogP contribution in [0.3, 0.4) is 0 Å². The van der Waals surface area contributed by atoms with E-state index in [-0.39, 0.29) is 19.2 Å². The number of carbonyl (C=O) groups is 1. The van der Waals surface area contributed by atoms with E-state index in [0.29, 0.717) is 37.3 Å². The minimum atomic E-state index is -0.846. The molecule has 9 nitrogen and oxygen atoms in total. The first kappa shape index (κ1) is 23.0. The minimum Gasteiger partial charge on any atom is -0.397 e. The molecule has 0 bridgehead atoms. The number of rotatable bonds is 10. The zero-order valence-electron chi connectivity index (χ0n) is 16.2. The molecule has 0 fully saturated rings. The number of hydrogen-bond acceptors (Lipinski definition) is 7. The van der Waals surface area contributed by atoms with Crippen molar-refractivity contribution in [2.75, 3.05) is 63.0 Å². The molecule has 1 aromatic rings. The van der Waals surface area contributed by atoms with Gasteiger partial charge in [-0.1, -0.05) is 0 Å². The maximum atomic E-state index is 12.2. The van der Waals surface area contributed by atoms with Crippen LogP contribution in [0.2, 0.25) is 0 Å². The van der Waals surface area contributed by atoms with Gasteiger partial charge in [-0.2, -0.15) is 0 Å². The molecule has 2 atom stereocenters. The predicted molar refractivity (Wildman–Crippen MR) is 106 cm³/mol. The molecule has 1 aromatic carbocycles. The Kier molecular flexibility index (Phi) is 9.30. The molecule has 0 spiro atoms. The summed E-state index contributed by atoms with van der Waals surface area (Å²) in [5, 5.41) is 37.4. The topological polar surface area (TPSA) is 134 Å². The molecule has 0 aliphatic carbocycles. The van der Waals surface area contributed by atoms with E-state index in [1.807, 2.05) is 4.90 Å². The average Bonchev–Trinajstić information content (AvgIpc) is 2.66. The fraction of sp³-hybridized carbons (Fsp3) is 0.611. The van der Waals surface area contributed by atoms with Crippen molar-refractivity contribution in [3.05, 3.63) is 18.2 Å². The number of nitrogen functional groups attached to an aromatic ring is 1. The van der Waals surface area contributed by atoms with E-state index < -0.39 is 12.2 Å². The summed E-state index contributed by atoms with van der Waals surface area (Å²) in [5.74, 6) is 0. The SMILES string of the molecule is CN(C)C(=O)N(C)c1cc(N(CCC(O)CO)CCC(O)CO)ccc1N. The van der Waals surface area contributed by atoms with Crippen LogP contribution in [-0.2, 0) is 0 Å². The Morgan fingerprint density at radius 2 is 1.56 bits per heavy atom. The van der Waals surface area contributed by atoms with Crippen LogP contribution in [0.1, 0.15) is 12.8 Å². The van der Waals surface area contributed by atoms with Gasteiger partial charge in [-0.15, -0.1) is 0 Å². The molecule has 2 unspecified atom stereocenters. The highest BCUT2D eigenvalue weighted by molar-refractivity contribution is 5.95. The highest BCUT2D eigenvalue weighted by Gasteiger charge is 2.18. The average molecular weight is 384 g/mol. The van der Waals surface area contributed by atoms with Gasteiger partial charge in [0, 0.05) is 39.9 Å². The van der Waals surface area contributed by atoms with Gasteiger partial charge in [-0.25, -0.2) is 4.79 Å². The molecule has 0 aromatic heterocycles. The molecule has 0 radical (unpaired) electrons. The maximum Gasteiger partial charge on any atom is 0.323 e. The second kappa shape index (κ2) is 10.9. The Bertz CT molecular complexity index is 585. The van der Waals surface area contributed by atoms with Crippen molar-refractivity contribution in [3.63, 3.8) is 0 Å². The van der Waals surface area contributed by atoms with Gasteiger partial charge < -0.3 is 36.0 Å². The molecule has 0 saturated carbocycles. The van der Waals surface area contributed by atoms with Crippen molar-refractivity contribution in [1.29, 1.82) is 0 Å². The summed E-state index contributed by atoms with van der Waals surface area (Å²) >= 11 is 0. The van der Waals surface area contributed by atoms with Crippen molar-refractivity contribution >= 4 is 23.1 Å². The number of anilines is 3. The summed E-state index contributed by atoms with van der Waals surface area (Å²) < 4.78 is 0. The largest absolute Gasteiger partial charge is 0.397 e. The van der Waals surface area contributed by atoms with Crippen LogP contribution >= 0.6 is 0 Å². The van der Waals surface area contributed by atoms with Gasteiger partial charge in [0.1, 0.15) is 0 Å². The number of aliphatic hydroxyl groups is 4. The van der Waals surface area contributed by atoms with Crippen LogP contribution in [0.15, 0.2) is 18.2 Å². The number of nitrogens with two attached hydrogens (primary N) is 1. The second-order valence-electron chi connectivity index (χ2n) is 6.72. The summed E-state index contributed by atoms with van der Waals surface area (Å²) in [6.07, 6.45) is -1.03. The molecule has 2 amide bonds. The van der Waals surface area contributed by atoms with E-state index in [2.05, 4.69) is 0 Å². The van der Waals surface area contributed by atoms with Gasteiger partial charge in [-0.05, 0) is 31.0 Å². The van der Waals surface area contributed by atoms with E-state index in [9.17, 15) is 15.0 Å². The van der Waals surface area contributed by atoms with Crippen LogP contribution in [0.5, 0.6) is 0 Å². The van der Waals surface area contributed by atoms with Gasteiger partial charge in [0.25, 0.3) is 0 Å². The van der Waals surface area contributed by atoms with Crippen LogP contribution in [0, 0.1) is 0 Å². The van der Waals surface area contributed by atoms with Crippen molar-refractivity contribution in [3.8, 4) is 0 Å². The van der Waals surface area contributed by atoms with Gasteiger partial charge >= 0.3 is 6.03 Å². The number of amides is 2. The van der Waals surface area contributed by atoms with Crippen LogP contribution in [-0.4, -0.2) is 91.0 Å². The number of benzene rings is 1. The van der Waals surface area contributed by atoms with E-state index in [1.165, 1.54) is 9.80 Å². The smallest absolute Gasteiger partial charge is 0.323 e. The molecular weight excluding hydrogens is 352 g/mol. The molecule has 1 rings (SSSR count). The summed E-state index contributed by atoms with van der Waals surface area (Å²) in [5.41, 5.74) is 7.79. The second-order valence-corrected chi connectivity index (χ2v) is 6.72. The summed E-state index contributed by atoms with van der Waals surface area (Å²) in [7, 11) is 4.93. The van der Waals surface area contributed by atoms with Gasteiger partial charge in [-0.3, -0.25) is 4.90 Å². The fourth-order valence-corrected chi connectivity index (χ4v) is 2.58. The van der Waals surface area contributed by atoms with E-state index in [1.54, 1.807) is 39.3 Å². The quantitative estimate of drug-likeness (QED) is 0.349. The summed E-state index contributed by atoms with van der Waals surface area (Å²) in [6, 6.07) is 5.04. The fourth-order valence-electron chi connectivity index (χ4n) is 2.58. The highest BCUT2D eigenvalue weighted by Crippen LogP contribution is 2.29. The standard InChI is InChI=1S/C18H32N4O5/c1-20(2)18(27)21(3)17-10-13(4-5-16(17)19)22(8-6-14(25)11-23)9-7-15(26)12-24/h4-5,10,14-15,23-26H,6-9,11-12,19H2,1-3H3. The Labute approximate surface area is 160 Å². The predicted octanol–water partition coefficient (Wildman–Crippen LogP) is -0.320. The molecule has 6 N–H and O–H groups in total. The first-order valence-corrected chi connectivity index (χ1v) is 8.88. The zero-order chi connectivity index (χ0) is 20.6. The Hall–Kier alpha value is -2.07. The van der Waals surface area contributed by atoms with E-state index in [0.717, 1.165) is 5.69 Å². The Morgan fingerprint density at radius 1 is 1.04 bits per heavy atom. The van der Waals surface area contributed by atoms with E-state index in [4.69, 9.17) is 15.9 Å². The summed E-state index contributed by atoms with van der Waals surface area (Å²) in [6.45, 7) is 0.184. The zero-order valence-corrected chi connectivity index (χ0v) is 16.2. The lowest BCUT2D eigenvalue weighted by Crippen LogP contribution is -2.37. The third kappa shape index (κ3) is 6.87. The highest BCUT2D eigenvalue weighted by atomic mass is 16.3. The molecule has 0 heterocycles. The lowest BCUT2D eigenvalue weighted by molar-refractivity contribution is 0.0854. The molecule has 154 valence electrons. The minimum absolute atomic E-state index is 0.225. The summed E-state index contributed by atoms with van der Waals surface area (Å²) in [4.78, 5) is 17.0. The maximum absolute atomic E-state index is 12.2. The molecular formula is C18H32N4O5. The van der Waals surface area contributed by atoms with Crippen LogP contribution in [0.4, 0.5) is 21.9 Å². The number of aliphatic hydroxyl groups excluding tert-OH is 4. The van der Waals surface area contributed by atoms with Gasteiger partial charge in [0.15, 0.2) is 0 Å². The normalized spacial score (nSPS) is 13.1. The number of hydrogen-bond donors (Lipinski definition) is 5. The lowest BCUT2D eigenvalue weighted by Gasteiger charge is -2.29. The number of urea groups is 1. The Balaban J connectivity index is 3.08. The monoisotopic (exact) mass is 384 g/mol. The molecule has 0 aliphatic rings. The van der Waals surface area contributed by atoms with Gasteiger partial charge in [0.05, 0.1) is 36.8 Å². The van der Waals surface area contributed by atoms with Crippen LogP contribution < -0.4 is 15.5 Å². The number of carbonyl (C=O) groups excluding carboxylic acids is 1. The van der Waals surface area contributed by atoms with Crippen molar-refractivity contribution in [2.24, 2.45) is 0 Å². The van der Waals surface area contributed by atoms with Gasteiger partial charge in [0.2, 0.25) is 0 Å². The van der Waals surface area contributed by atoms with E-state index >= 15 is 0 Å². The van der Waals surface area contributed by atoms with Crippen molar-refractivity contribution < 1.29 is 25.2 Å². The third-order valence-corrected chi connectivity index (χ3v) is 4.30. The first-order chi connectivity index (χ1) is 12.7. The molecule has 0 saturated heterocycles. The molecule has 9 heteroatoms. The number of nitrogens with zero attached hydrogens (tertiary/aromatic N) is 3. The first-order valence-electron chi connectivity index (χ1n) is 8.88. The third-order valence-electron chi connectivity index (χ3n) is 4.30. The van der Waals surface area contributed by atoms with Crippen molar-refractivity contribution in [2.45, 2.75) is 25.0 Å². The Morgan fingerprint density at radius 3 is 2.00 bits per heavy atom. The molecule has 27 heavy (non-hydrogen) atoms.